The molecule has 6 heteroatoms. The summed E-state index contributed by atoms with van der Waals surface area (Å²) < 4.78 is 27.1. The lowest BCUT2D eigenvalue weighted by Crippen LogP contribution is -2.36. The Morgan fingerprint density at radius 3 is 2.29 bits per heavy atom. The molecule has 0 N–H and O–H groups in total. The van der Waals surface area contributed by atoms with Crippen molar-refractivity contribution in [3.05, 3.63) is 29.8 Å². The molecule has 1 aliphatic rings. The van der Waals surface area contributed by atoms with Gasteiger partial charge in [-0.1, -0.05) is 26.3 Å². The molecule has 1 aliphatic heterocycles. The third kappa shape index (κ3) is 4.36. The molecule has 0 unspecified atom stereocenters. The first kappa shape index (κ1) is 18.9. The van der Waals surface area contributed by atoms with E-state index in [1.165, 1.54) is 10.4 Å². The van der Waals surface area contributed by atoms with E-state index in [1.807, 2.05) is 13.8 Å². The van der Waals surface area contributed by atoms with Crippen LogP contribution in [0.2, 0.25) is 0 Å². The summed E-state index contributed by atoms with van der Waals surface area (Å²) in [5, 5.41) is 0. The van der Waals surface area contributed by atoms with Crippen molar-refractivity contribution in [1.82, 2.24) is 9.21 Å². The third-order valence-corrected chi connectivity index (χ3v) is 6.20. The van der Waals surface area contributed by atoms with Gasteiger partial charge in [-0.05, 0) is 43.9 Å². The number of nitrogens with zero attached hydrogens (tertiary/aromatic N) is 2. The Bertz CT molecular complexity index is 646. The summed E-state index contributed by atoms with van der Waals surface area (Å²) in [6, 6.07) is 6.49. The van der Waals surface area contributed by atoms with E-state index in [-0.39, 0.29) is 10.8 Å². The number of sulfonamides is 1. The summed E-state index contributed by atoms with van der Waals surface area (Å²) in [5.41, 5.74) is 0.454. The molecule has 2 rings (SSSR count). The Kier molecular flexibility index (Phi) is 6.80. The first-order chi connectivity index (χ1) is 11.5. The van der Waals surface area contributed by atoms with E-state index < -0.39 is 10.0 Å². The maximum Gasteiger partial charge on any atom is 0.253 e. The van der Waals surface area contributed by atoms with Crippen LogP contribution < -0.4 is 0 Å². The van der Waals surface area contributed by atoms with E-state index in [2.05, 4.69) is 0 Å². The van der Waals surface area contributed by atoms with Crippen molar-refractivity contribution in [3.63, 3.8) is 0 Å². The standard InChI is InChI=1S/C18H28N2O3S/c1-3-11-19(12-4-2)18(21)16-9-8-10-17(15-16)24(22,23)20-13-6-5-7-14-20/h8-10,15H,3-7,11-14H2,1-2H3. The highest BCUT2D eigenvalue weighted by molar-refractivity contribution is 7.89. The van der Waals surface area contributed by atoms with E-state index >= 15 is 0 Å². The summed E-state index contributed by atoms with van der Waals surface area (Å²) >= 11 is 0. The van der Waals surface area contributed by atoms with Crippen LogP contribution in [-0.4, -0.2) is 49.7 Å². The second kappa shape index (κ2) is 8.62. The SMILES string of the molecule is CCCN(CCC)C(=O)c1cccc(S(=O)(=O)N2CCCCC2)c1. The lowest BCUT2D eigenvalue weighted by molar-refractivity contribution is 0.0755. The minimum atomic E-state index is -3.51. The second-order valence-electron chi connectivity index (χ2n) is 6.28. The molecule has 0 aromatic heterocycles. The molecule has 1 fully saturated rings. The fourth-order valence-electron chi connectivity index (χ4n) is 3.08. The molecular weight excluding hydrogens is 324 g/mol. The van der Waals surface area contributed by atoms with Gasteiger partial charge in [-0.25, -0.2) is 8.42 Å². The van der Waals surface area contributed by atoms with Crippen molar-refractivity contribution in [1.29, 1.82) is 0 Å². The monoisotopic (exact) mass is 352 g/mol. The molecule has 0 spiro atoms. The van der Waals surface area contributed by atoms with Crippen molar-refractivity contribution in [3.8, 4) is 0 Å². The highest BCUT2D eigenvalue weighted by Gasteiger charge is 2.27. The molecule has 1 amide bonds. The maximum absolute atomic E-state index is 12.8. The smallest absolute Gasteiger partial charge is 0.253 e. The number of hydrogen-bond donors (Lipinski definition) is 0. The molecular formula is C18H28N2O3S. The fourth-order valence-corrected chi connectivity index (χ4v) is 4.64. The van der Waals surface area contributed by atoms with Crippen LogP contribution in [0.1, 0.15) is 56.3 Å². The Morgan fingerprint density at radius 2 is 1.71 bits per heavy atom. The second-order valence-corrected chi connectivity index (χ2v) is 8.22. The van der Waals surface area contributed by atoms with Gasteiger partial charge in [-0.3, -0.25) is 4.79 Å². The topological polar surface area (TPSA) is 57.7 Å². The minimum absolute atomic E-state index is 0.0885. The van der Waals surface area contributed by atoms with Gasteiger partial charge in [0.15, 0.2) is 0 Å². The van der Waals surface area contributed by atoms with Crippen LogP contribution in [0.4, 0.5) is 0 Å². The van der Waals surface area contributed by atoms with Gasteiger partial charge in [0.2, 0.25) is 10.0 Å². The molecule has 134 valence electrons. The molecule has 0 atom stereocenters. The number of carbonyl (C=O) groups excluding carboxylic acids is 1. The van der Waals surface area contributed by atoms with Crippen LogP contribution in [0.5, 0.6) is 0 Å². The van der Waals surface area contributed by atoms with Gasteiger partial charge in [0, 0.05) is 31.7 Å². The van der Waals surface area contributed by atoms with Gasteiger partial charge in [0.25, 0.3) is 5.91 Å². The predicted molar refractivity (Wildman–Crippen MR) is 95.5 cm³/mol. The first-order valence-electron chi connectivity index (χ1n) is 8.90. The number of hydrogen-bond acceptors (Lipinski definition) is 3. The van der Waals surface area contributed by atoms with Crippen LogP contribution >= 0.6 is 0 Å². The number of amides is 1. The summed E-state index contributed by atoms with van der Waals surface area (Å²) in [4.78, 5) is 14.7. The Balaban J connectivity index is 2.25. The summed E-state index contributed by atoms with van der Waals surface area (Å²) in [7, 11) is -3.51. The number of rotatable bonds is 7. The van der Waals surface area contributed by atoms with Crippen molar-refractivity contribution in [2.75, 3.05) is 26.2 Å². The molecule has 1 heterocycles. The van der Waals surface area contributed by atoms with Gasteiger partial charge in [0.05, 0.1) is 4.90 Å². The van der Waals surface area contributed by atoms with Crippen LogP contribution in [0.25, 0.3) is 0 Å². The summed E-state index contributed by atoms with van der Waals surface area (Å²) in [5.74, 6) is -0.0885. The first-order valence-corrected chi connectivity index (χ1v) is 10.3. The zero-order valence-corrected chi connectivity index (χ0v) is 15.5. The largest absolute Gasteiger partial charge is 0.339 e. The van der Waals surface area contributed by atoms with E-state index in [0.29, 0.717) is 31.7 Å². The molecule has 5 nitrogen and oxygen atoms in total. The van der Waals surface area contributed by atoms with E-state index in [0.717, 1.165) is 32.1 Å². The Morgan fingerprint density at radius 1 is 1.08 bits per heavy atom. The van der Waals surface area contributed by atoms with Crippen LogP contribution in [0.15, 0.2) is 29.2 Å². The van der Waals surface area contributed by atoms with Crippen LogP contribution in [0.3, 0.4) is 0 Å². The molecule has 0 aliphatic carbocycles. The van der Waals surface area contributed by atoms with Gasteiger partial charge in [-0.15, -0.1) is 0 Å². The highest BCUT2D eigenvalue weighted by Crippen LogP contribution is 2.22. The predicted octanol–water partition coefficient (Wildman–Crippen LogP) is 3.12. The zero-order chi connectivity index (χ0) is 17.6. The summed E-state index contributed by atoms with van der Waals surface area (Å²) in [6.45, 7) is 6.59. The minimum Gasteiger partial charge on any atom is -0.339 e. The fraction of sp³-hybridized carbons (Fsp3) is 0.611. The average molecular weight is 353 g/mol. The Hall–Kier alpha value is -1.40. The molecule has 24 heavy (non-hydrogen) atoms. The number of piperidine rings is 1. The average Bonchev–Trinajstić information content (AvgIpc) is 2.62. The third-order valence-electron chi connectivity index (χ3n) is 4.31. The number of carbonyl (C=O) groups is 1. The zero-order valence-electron chi connectivity index (χ0n) is 14.7. The lowest BCUT2D eigenvalue weighted by atomic mass is 10.2. The molecule has 1 aromatic rings. The van der Waals surface area contributed by atoms with Gasteiger partial charge in [0.1, 0.15) is 0 Å². The molecule has 0 bridgehead atoms. The maximum atomic E-state index is 12.8. The van der Waals surface area contributed by atoms with Crippen molar-refractivity contribution in [2.24, 2.45) is 0 Å². The molecule has 0 radical (unpaired) electrons. The quantitative estimate of drug-likeness (QED) is 0.757. The highest BCUT2D eigenvalue weighted by atomic mass is 32.2. The van der Waals surface area contributed by atoms with Gasteiger partial charge in [-0.2, -0.15) is 4.31 Å². The molecule has 0 saturated carbocycles. The number of benzene rings is 1. The van der Waals surface area contributed by atoms with Crippen molar-refractivity contribution < 1.29 is 13.2 Å². The van der Waals surface area contributed by atoms with Crippen molar-refractivity contribution in [2.45, 2.75) is 50.8 Å². The van der Waals surface area contributed by atoms with Crippen molar-refractivity contribution >= 4 is 15.9 Å². The lowest BCUT2D eigenvalue weighted by Gasteiger charge is -2.26. The van der Waals surface area contributed by atoms with Gasteiger partial charge >= 0.3 is 0 Å². The van der Waals surface area contributed by atoms with Gasteiger partial charge < -0.3 is 4.90 Å². The summed E-state index contributed by atoms with van der Waals surface area (Å²) in [6.07, 6.45) is 4.65. The molecule has 1 aromatic carbocycles. The Labute approximate surface area is 145 Å². The van der Waals surface area contributed by atoms with E-state index in [9.17, 15) is 13.2 Å². The van der Waals surface area contributed by atoms with E-state index in [1.54, 1.807) is 23.1 Å². The normalized spacial score (nSPS) is 16.1. The van der Waals surface area contributed by atoms with E-state index in [4.69, 9.17) is 0 Å². The van der Waals surface area contributed by atoms with Crippen LogP contribution in [-0.2, 0) is 10.0 Å². The van der Waals surface area contributed by atoms with Crippen LogP contribution in [0, 0.1) is 0 Å². The molecule has 1 saturated heterocycles.